The maximum Gasteiger partial charge on any atom is 0.101 e. The molecule has 3 aromatic carbocycles. The molecular weight excluding hydrogens is 348 g/mol. The fourth-order valence-corrected chi connectivity index (χ4v) is 4.81. The van der Waals surface area contributed by atoms with E-state index >= 15 is 0 Å². The Hall–Kier alpha value is -3.48. The number of nitrogens with zero attached hydrogens (tertiary/aromatic N) is 2. The Bertz CT molecular complexity index is 1310. The summed E-state index contributed by atoms with van der Waals surface area (Å²) in [5, 5.41) is 11.8. The first-order chi connectivity index (χ1) is 13.3. The molecule has 0 spiro atoms. The van der Waals surface area contributed by atoms with Crippen LogP contribution in [-0.4, -0.2) is 4.98 Å². The van der Waals surface area contributed by atoms with E-state index in [1.165, 1.54) is 21.2 Å². The number of benzene rings is 3. The number of rotatable bonds is 2. The van der Waals surface area contributed by atoms with Crippen molar-refractivity contribution in [3.05, 3.63) is 90.8 Å². The van der Waals surface area contributed by atoms with Crippen LogP contribution in [0.3, 0.4) is 0 Å². The van der Waals surface area contributed by atoms with E-state index in [0.29, 0.717) is 0 Å². The van der Waals surface area contributed by atoms with Crippen molar-refractivity contribution in [1.29, 1.82) is 5.26 Å². The maximum absolute atomic E-state index is 9.44. The average molecular weight is 362 g/mol. The average Bonchev–Trinajstić information content (AvgIpc) is 3.13. The number of thiophene rings is 1. The highest BCUT2D eigenvalue weighted by atomic mass is 32.1. The van der Waals surface area contributed by atoms with Crippen LogP contribution >= 0.6 is 11.3 Å². The third-order valence-corrected chi connectivity index (χ3v) is 6.12. The lowest BCUT2D eigenvalue weighted by atomic mass is 9.99. The summed E-state index contributed by atoms with van der Waals surface area (Å²) in [5.41, 5.74) is 5.39. The molecule has 5 aromatic rings. The lowest BCUT2D eigenvalue weighted by Crippen LogP contribution is -1.81. The van der Waals surface area contributed by atoms with Crippen molar-refractivity contribution in [3.8, 4) is 28.3 Å². The number of hydrogen-bond acceptors (Lipinski definition) is 3. The van der Waals surface area contributed by atoms with Gasteiger partial charge < -0.3 is 0 Å². The van der Waals surface area contributed by atoms with Gasteiger partial charge in [-0.05, 0) is 34.4 Å². The van der Waals surface area contributed by atoms with E-state index in [1.807, 2.05) is 24.4 Å². The Morgan fingerprint density at radius 3 is 2.19 bits per heavy atom. The molecule has 0 radical (unpaired) electrons. The summed E-state index contributed by atoms with van der Waals surface area (Å²) in [7, 11) is 0. The Morgan fingerprint density at radius 1 is 0.704 bits per heavy atom. The molecule has 126 valence electrons. The Balaban J connectivity index is 1.68. The number of aromatic nitrogens is 1. The van der Waals surface area contributed by atoms with Gasteiger partial charge in [0.25, 0.3) is 0 Å². The van der Waals surface area contributed by atoms with E-state index in [9.17, 15) is 5.26 Å². The number of fused-ring (bicyclic) bond motifs is 3. The third kappa shape index (κ3) is 2.59. The van der Waals surface area contributed by atoms with Crippen molar-refractivity contribution in [2.45, 2.75) is 0 Å². The van der Waals surface area contributed by atoms with Gasteiger partial charge in [-0.1, -0.05) is 60.7 Å². The van der Waals surface area contributed by atoms with Crippen molar-refractivity contribution < 1.29 is 0 Å². The van der Waals surface area contributed by atoms with Crippen LogP contribution in [-0.2, 0) is 0 Å². The zero-order valence-corrected chi connectivity index (χ0v) is 15.2. The normalized spacial score (nSPS) is 10.9. The van der Waals surface area contributed by atoms with Crippen LogP contribution in [0.4, 0.5) is 0 Å². The maximum atomic E-state index is 9.44. The summed E-state index contributed by atoms with van der Waals surface area (Å²) < 4.78 is 2.29. The summed E-state index contributed by atoms with van der Waals surface area (Å²) in [6.07, 6.45) is 3.67. The summed E-state index contributed by atoms with van der Waals surface area (Å²) >= 11 is 1.70. The quantitative estimate of drug-likeness (QED) is 0.352. The van der Waals surface area contributed by atoms with Crippen LogP contribution in [0.15, 0.2) is 85.2 Å². The van der Waals surface area contributed by atoms with Crippen molar-refractivity contribution in [2.24, 2.45) is 0 Å². The molecule has 27 heavy (non-hydrogen) atoms. The van der Waals surface area contributed by atoms with E-state index < -0.39 is 0 Å². The molecule has 0 aliphatic rings. The molecule has 0 bridgehead atoms. The molecule has 5 rings (SSSR count). The molecular formula is C24H14N2S. The van der Waals surface area contributed by atoms with Crippen LogP contribution in [0.5, 0.6) is 0 Å². The van der Waals surface area contributed by atoms with Gasteiger partial charge in [-0.25, -0.2) is 0 Å². The first kappa shape index (κ1) is 15.7. The van der Waals surface area contributed by atoms with Crippen molar-refractivity contribution in [3.63, 3.8) is 0 Å². The van der Waals surface area contributed by atoms with Gasteiger partial charge in [0.15, 0.2) is 0 Å². The van der Waals surface area contributed by atoms with Crippen LogP contribution in [0.1, 0.15) is 5.56 Å². The molecule has 0 saturated carbocycles. The van der Waals surface area contributed by atoms with Crippen molar-refractivity contribution >= 4 is 31.5 Å². The lowest BCUT2D eigenvalue weighted by molar-refractivity contribution is 1.33. The number of pyridine rings is 1. The first-order valence-corrected chi connectivity index (χ1v) is 9.52. The van der Waals surface area contributed by atoms with E-state index in [2.05, 4.69) is 65.7 Å². The predicted molar refractivity (Wildman–Crippen MR) is 113 cm³/mol. The van der Waals surface area contributed by atoms with Crippen LogP contribution < -0.4 is 0 Å². The topological polar surface area (TPSA) is 36.7 Å². The molecule has 0 unspecified atom stereocenters. The van der Waals surface area contributed by atoms with E-state index in [4.69, 9.17) is 0 Å². The minimum absolute atomic E-state index is 0.742. The zero-order valence-electron chi connectivity index (χ0n) is 14.4. The predicted octanol–water partition coefficient (Wildman–Crippen LogP) is 6.66. The second kappa shape index (κ2) is 6.35. The Kier molecular flexibility index (Phi) is 3.71. The fraction of sp³-hybridized carbons (Fsp3) is 0. The second-order valence-electron chi connectivity index (χ2n) is 6.40. The van der Waals surface area contributed by atoms with Crippen molar-refractivity contribution in [1.82, 2.24) is 4.98 Å². The molecule has 0 N–H and O–H groups in total. The standard InChI is InChI=1S/C24H14N2S/c25-14-18-4-1-7-21-22-8-2-6-20(24(22)27-23(18)21)17-11-9-16(10-12-17)19-5-3-13-26-15-19/h1-13,15H. The smallest absolute Gasteiger partial charge is 0.101 e. The van der Waals surface area contributed by atoms with Gasteiger partial charge in [0.1, 0.15) is 6.07 Å². The monoisotopic (exact) mass is 362 g/mol. The molecule has 2 nitrogen and oxygen atoms in total. The summed E-state index contributed by atoms with van der Waals surface area (Å²) in [4.78, 5) is 4.20. The molecule has 0 saturated heterocycles. The molecule has 0 aliphatic heterocycles. The fourth-order valence-electron chi connectivity index (χ4n) is 3.51. The van der Waals surface area contributed by atoms with Gasteiger partial charge in [-0.3, -0.25) is 4.98 Å². The number of hydrogen-bond donors (Lipinski definition) is 0. The molecule has 0 amide bonds. The van der Waals surface area contributed by atoms with Gasteiger partial charge in [0, 0.05) is 27.9 Å². The summed E-state index contributed by atoms with van der Waals surface area (Å²) in [5.74, 6) is 0. The molecule has 0 atom stereocenters. The van der Waals surface area contributed by atoms with Crippen molar-refractivity contribution in [2.75, 3.05) is 0 Å². The summed E-state index contributed by atoms with van der Waals surface area (Å²) in [6, 6.07) is 27.3. The van der Waals surface area contributed by atoms with E-state index in [0.717, 1.165) is 26.8 Å². The first-order valence-electron chi connectivity index (χ1n) is 8.70. The third-order valence-electron chi connectivity index (χ3n) is 4.84. The van der Waals surface area contributed by atoms with E-state index in [-0.39, 0.29) is 0 Å². The van der Waals surface area contributed by atoms with Crippen LogP contribution in [0.25, 0.3) is 42.4 Å². The number of nitriles is 1. The molecule has 2 aromatic heterocycles. The van der Waals surface area contributed by atoms with Gasteiger partial charge in [0.05, 0.1) is 10.3 Å². The molecule has 0 aliphatic carbocycles. The van der Waals surface area contributed by atoms with Gasteiger partial charge in [0.2, 0.25) is 0 Å². The second-order valence-corrected chi connectivity index (χ2v) is 7.42. The van der Waals surface area contributed by atoms with Gasteiger partial charge in [-0.2, -0.15) is 5.26 Å². The Labute approximate surface area is 161 Å². The minimum atomic E-state index is 0.742. The van der Waals surface area contributed by atoms with Crippen LogP contribution in [0.2, 0.25) is 0 Å². The van der Waals surface area contributed by atoms with Crippen LogP contribution in [0, 0.1) is 11.3 Å². The van der Waals surface area contributed by atoms with Gasteiger partial charge >= 0.3 is 0 Å². The Morgan fingerprint density at radius 2 is 1.44 bits per heavy atom. The SMILES string of the molecule is N#Cc1cccc2c1sc1c(-c3ccc(-c4cccnc4)cc3)cccc12. The molecule has 0 fully saturated rings. The highest BCUT2D eigenvalue weighted by molar-refractivity contribution is 7.26. The van der Waals surface area contributed by atoms with Gasteiger partial charge in [-0.15, -0.1) is 11.3 Å². The zero-order chi connectivity index (χ0) is 18.2. The molecule has 2 heterocycles. The summed E-state index contributed by atoms with van der Waals surface area (Å²) in [6.45, 7) is 0. The largest absolute Gasteiger partial charge is 0.264 e. The highest BCUT2D eigenvalue weighted by Gasteiger charge is 2.12. The highest BCUT2D eigenvalue weighted by Crippen LogP contribution is 2.41. The minimum Gasteiger partial charge on any atom is -0.264 e. The van der Waals surface area contributed by atoms with E-state index in [1.54, 1.807) is 17.5 Å². The lowest BCUT2D eigenvalue weighted by Gasteiger charge is -2.06. The molecule has 3 heteroatoms.